The maximum atomic E-state index is 12.1. The lowest BCUT2D eigenvalue weighted by atomic mass is 10.1. The second-order valence-electron chi connectivity index (χ2n) is 4.46. The Morgan fingerprint density at radius 1 is 1.56 bits per heavy atom. The summed E-state index contributed by atoms with van der Waals surface area (Å²) in [6.45, 7) is 3.25. The standard InChI is InChI=1S/C13H17BrN2O2/c1-9-2-3-12(11(14)6-9)16-10(4-5-15)7-18-8-13(16)17/h2-3,6,10H,4-5,7-8,15H2,1H3. The highest BCUT2D eigenvalue weighted by molar-refractivity contribution is 9.10. The summed E-state index contributed by atoms with van der Waals surface area (Å²) < 4.78 is 6.23. The minimum atomic E-state index is -0.00995. The summed E-state index contributed by atoms with van der Waals surface area (Å²) in [6, 6.07) is 6.00. The van der Waals surface area contributed by atoms with Crippen molar-refractivity contribution in [3.8, 4) is 0 Å². The third-order valence-corrected chi connectivity index (χ3v) is 3.67. The van der Waals surface area contributed by atoms with Crippen LogP contribution >= 0.6 is 15.9 Å². The smallest absolute Gasteiger partial charge is 0.253 e. The van der Waals surface area contributed by atoms with Gasteiger partial charge in [-0.2, -0.15) is 0 Å². The summed E-state index contributed by atoms with van der Waals surface area (Å²) in [6.07, 6.45) is 0.742. The van der Waals surface area contributed by atoms with Crippen LogP contribution in [0.5, 0.6) is 0 Å². The molecule has 5 heteroatoms. The number of nitrogens with two attached hydrogens (primary N) is 1. The van der Waals surface area contributed by atoms with Gasteiger partial charge in [-0.3, -0.25) is 4.79 Å². The number of anilines is 1. The van der Waals surface area contributed by atoms with E-state index in [1.165, 1.54) is 0 Å². The van der Waals surface area contributed by atoms with Crippen molar-refractivity contribution >= 4 is 27.5 Å². The normalized spacial score (nSPS) is 20.3. The van der Waals surface area contributed by atoms with Gasteiger partial charge in [0.2, 0.25) is 0 Å². The molecule has 1 fully saturated rings. The van der Waals surface area contributed by atoms with Gasteiger partial charge in [0.15, 0.2) is 0 Å². The first kappa shape index (κ1) is 13.5. The number of hydrogen-bond acceptors (Lipinski definition) is 3. The average molecular weight is 313 g/mol. The molecule has 1 aromatic rings. The molecule has 4 nitrogen and oxygen atoms in total. The summed E-state index contributed by atoms with van der Waals surface area (Å²) in [5.74, 6) is -0.00995. The van der Waals surface area contributed by atoms with Crippen LogP contribution in [0.4, 0.5) is 5.69 Å². The van der Waals surface area contributed by atoms with Gasteiger partial charge in [0.1, 0.15) is 6.61 Å². The molecule has 1 aromatic carbocycles. The fraction of sp³-hybridized carbons (Fsp3) is 0.462. The quantitative estimate of drug-likeness (QED) is 0.926. The van der Waals surface area contributed by atoms with Crippen LogP contribution in [0.25, 0.3) is 0 Å². The maximum Gasteiger partial charge on any atom is 0.253 e. The van der Waals surface area contributed by atoms with Gasteiger partial charge in [-0.1, -0.05) is 6.07 Å². The van der Waals surface area contributed by atoms with Crippen LogP contribution in [0.3, 0.4) is 0 Å². The molecule has 1 atom stereocenters. The van der Waals surface area contributed by atoms with Gasteiger partial charge < -0.3 is 15.4 Å². The summed E-state index contributed by atoms with van der Waals surface area (Å²) >= 11 is 3.52. The van der Waals surface area contributed by atoms with Crippen molar-refractivity contribution in [2.24, 2.45) is 5.73 Å². The van der Waals surface area contributed by atoms with Gasteiger partial charge in [-0.15, -0.1) is 0 Å². The minimum absolute atomic E-state index is 0.00995. The molecular weight excluding hydrogens is 296 g/mol. The number of ether oxygens (including phenoxy) is 1. The molecule has 0 spiro atoms. The molecule has 0 radical (unpaired) electrons. The first-order valence-corrected chi connectivity index (χ1v) is 6.79. The summed E-state index contributed by atoms with van der Waals surface area (Å²) in [5.41, 5.74) is 7.65. The molecule has 0 aromatic heterocycles. The second-order valence-corrected chi connectivity index (χ2v) is 5.32. The van der Waals surface area contributed by atoms with Crippen LogP contribution < -0.4 is 10.6 Å². The summed E-state index contributed by atoms with van der Waals surface area (Å²) in [7, 11) is 0. The number of nitrogens with zero attached hydrogens (tertiary/aromatic N) is 1. The number of morpholine rings is 1. The first-order chi connectivity index (χ1) is 8.63. The lowest BCUT2D eigenvalue weighted by molar-refractivity contribution is -0.127. The van der Waals surface area contributed by atoms with Crippen molar-refractivity contribution < 1.29 is 9.53 Å². The van der Waals surface area contributed by atoms with Gasteiger partial charge in [0.25, 0.3) is 5.91 Å². The number of halogens is 1. The monoisotopic (exact) mass is 312 g/mol. The number of aryl methyl sites for hydroxylation is 1. The molecule has 1 aliphatic rings. The van der Waals surface area contributed by atoms with E-state index < -0.39 is 0 Å². The summed E-state index contributed by atoms with van der Waals surface area (Å²) in [4.78, 5) is 13.9. The Morgan fingerprint density at radius 2 is 2.33 bits per heavy atom. The van der Waals surface area contributed by atoms with Crippen molar-refractivity contribution in [1.82, 2.24) is 0 Å². The molecule has 0 bridgehead atoms. The highest BCUT2D eigenvalue weighted by Gasteiger charge is 2.30. The Kier molecular flexibility index (Phi) is 4.37. The molecule has 98 valence electrons. The Morgan fingerprint density at radius 3 is 3.00 bits per heavy atom. The number of rotatable bonds is 3. The van der Waals surface area contributed by atoms with E-state index in [-0.39, 0.29) is 18.6 Å². The van der Waals surface area contributed by atoms with E-state index in [0.29, 0.717) is 13.2 Å². The van der Waals surface area contributed by atoms with E-state index in [2.05, 4.69) is 15.9 Å². The van der Waals surface area contributed by atoms with Crippen LogP contribution in [-0.2, 0) is 9.53 Å². The highest BCUT2D eigenvalue weighted by atomic mass is 79.9. The predicted octanol–water partition coefficient (Wildman–Crippen LogP) is 1.84. The van der Waals surface area contributed by atoms with Gasteiger partial charge in [0.05, 0.1) is 18.3 Å². The molecule has 1 heterocycles. The predicted molar refractivity (Wildman–Crippen MR) is 74.6 cm³/mol. The van der Waals surface area contributed by atoms with Crippen molar-refractivity contribution in [2.45, 2.75) is 19.4 Å². The van der Waals surface area contributed by atoms with Crippen molar-refractivity contribution in [3.05, 3.63) is 28.2 Å². The van der Waals surface area contributed by atoms with E-state index in [1.54, 1.807) is 4.90 Å². The van der Waals surface area contributed by atoms with Crippen LogP contribution in [0, 0.1) is 6.92 Å². The van der Waals surface area contributed by atoms with Gasteiger partial charge in [0, 0.05) is 4.47 Å². The molecule has 2 N–H and O–H groups in total. The van der Waals surface area contributed by atoms with Crippen molar-refractivity contribution in [1.29, 1.82) is 0 Å². The molecule has 18 heavy (non-hydrogen) atoms. The van der Waals surface area contributed by atoms with E-state index >= 15 is 0 Å². The molecule has 0 saturated carbocycles. The molecule has 1 unspecified atom stereocenters. The van der Waals surface area contributed by atoms with Crippen LogP contribution in [0.1, 0.15) is 12.0 Å². The average Bonchev–Trinajstić information content (AvgIpc) is 2.31. The Hall–Kier alpha value is -0.910. The fourth-order valence-corrected chi connectivity index (χ4v) is 2.86. The van der Waals surface area contributed by atoms with E-state index in [1.807, 2.05) is 25.1 Å². The van der Waals surface area contributed by atoms with Gasteiger partial charge in [-0.25, -0.2) is 0 Å². The minimum Gasteiger partial charge on any atom is -0.369 e. The lowest BCUT2D eigenvalue weighted by Gasteiger charge is -2.36. The Balaban J connectivity index is 2.34. The number of amides is 1. The Labute approximate surface area is 115 Å². The van der Waals surface area contributed by atoms with Crippen LogP contribution in [0.2, 0.25) is 0 Å². The zero-order valence-corrected chi connectivity index (χ0v) is 11.9. The van der Waals surface area contributed by atoms with E-state index in [0.717, 1.165) is 22.1 Å². The van der Waals surface area contributed by atoms with Gasteiger partial charge >= 0.3 is 0 Å². The SMILES string of the molecule is Cc1ccc(N2C(=O)COCC2CCN)c(Br)c1. The van der Waals surface area contributed by atoms with E-state index in [4.69, 9.17) is 10.5 Å². The highest BCUT2D eigenvalue weighted by Crippen LogP contribution is 2.30. The third kappa shape index (κ3) is 2.74. The molecule has 1 saturated heterocycles. The zero-order chi connectivity index (χ0) is 13.1. The zero-order valence-electron chi connectivity index (χ0n) is 10.4. The second kappa shape index (κ2) is 5.82. The molecule has 2 rings (SSSR count). The number of hydrogen-bond donors (Lipinski definition) is 1. The summed E-state index contributed by atoms with van der Waals surface area (Å²) in [5, 5.41) is 0. The molecule has 1 aliphatic heterocycles. The van der Waals surface area contributed by atoms with E-state index in [9.17, 15) is 4.79 Å². The Bertz CT molecular complexity index is 449. The van der Waals surface area contributed by atoms with Crippen LogP contribution in [0.15, 0.2) is 22.7 Å². The lowest BCUT2D eigenvalue weighted by Crippen LogP contribution is -2.50. The first-order valence-electron chi connectivity index (χ1n) is 5.99. The topological polar surface area (TPSA) is 55.6 Å². The van der Waals surface area contributed by atoms with Crippen molar-refractivity contribution in [3.63, 3.8) is 0 Å². The van der Waals surface area contributed by atoms with Crippen molar-refractivity contribution in [2.75, 3.05) is 24.7 Å². The number of carbonyl (C=O) groups is 1. The number of benzene rings is 1. The number of carbonyl (C=O) groups excluding carboxylic acids is 1. The fourth-order valence-electron chi connectivity index (χ4n) is 2.17. The third-order valence-electron chi connectivity index (χ3n) is 3.03. The van der Waals surface area contributed by atoms with Gasteiger partial charge in [-0.05, 0) is 53.5 Å². The maximum absolute atomic E-state index is 12.1. The molecular formula is C13H17BrN2O2. The molecule has 0 aliphatic carbocycles. The van der Waals surface area contributed by atoms with Crippen LogP contribution in [-0.4, -0.2) is 31.7 Å². The largest absolute Gasteiger partial charge is 0.369 e. The molecule has 1 amide bonds.